The van der Waals surface area contributed by atoms with Gasteiger partial charge in [-0.05, 0) is 38.9 Å². The fraction of sp³-hybridized carbons (Fsp3) is 0.682. The zero-order valence-electron chi connectivity index (χ0n) is 17.7. The number of likely N-dealkylation sites (tertiary alicyclic amines) is 1. The van der Waals surface area contributed by atoms with Crippen molar-refractivity contribution in [1.29, 1.82) is 0 Å². The van der Waals surface area contributed by atoms with Gasteiger partial charge in [0.25, 0.3) is 0 Å². The summed E-state index contributed by atoms with van der Waals surface area (Å²) in [5.41, 5.74) is 1.38. The number of likely N-dealkylation sites (N-methyl/N-ethyl adjacent to an activating group) is 1. The molecule has 2 fully saturated rings. The predicted octanol–water partition coefficient (Wildman–Crippen LogP) is 2.21. The first-order valence-electron chi connectivity index (χ1n) is 10.5. The van der Waals surface area contributed by atoms with Gasteiger partial charge in [-0.2, -0.15) is 0 Å². The molecule has 1 N–H and O–H groups in total. The zero-order chi connectivity index (χ0) is 19.8. The zero-order valence-corrected chi connectivity index (χ0v) is 17.7. The Morgan fingerprint density at radius 1 is 1.29 bits per heavy atom. The van der Waals surface area contributed by atoms with Gasteiger partial charge in [0.2, 0.25) is 0 Å². The molecule has 3 rings (SSSR count). The number of rotatable bonds is 7. The van der Waals surface area contributed by atoms with Crippen LogP contribution in [0.2, 0.25) is 0 Å². The summed E-state index contributed by atoms with van der Waals surface area (Å²) in [4.78, 5) is 9.27. The molecule has 0 spiro atoms. The van der Waals surface area contributed by atoms with Crippen LogP contribution in [0.4, 0.5) is 0 Å². The van der Waals surface area contributed by atoms with E-state index in [0.717, 1.165) is 64.7 Å². The average Bonchev–Trinajstić information content (AvgIpc) is 3.18. The van der Waals surface area contributed by atoms with Gasteiger partial charge in [-0.25, -0.2) is 0 Å². The summed E-state index contributed by atoms with van der Waals surface area (Å²) in [6.45, 7) is 6.12. The molecule has 2 aliphatic rings. The van der Waals surface area contributed by atoms with Gasteiger partial charge >= 0.3 is 0 Å². The Morgan fingerprint density at radius 2 is 2.04 bits per heavy atom. The number of ether oxygens (including phenoxy) is 2. The molecule has 1 atom stereocenters. The summed E-state index contributed by atoms with van der Waals surface area (Å²) in [5, 5.41) is 3.64. The van der Waals surface area contributed by atoms with Crippen LogP contribution in [-0.2, 0) is 16.1 Å². The maximum Gasteiger partial charge on any atom is 0.193 e. The second-order valence-electron chi connectivity index (χ2n) is 8.23. The van der Waals surface area contributed by atoms with Crippen molar-refractivity contribution in [3.05, 3.63) is 35.9 Å². The fourth-order valence-electron chi connectivity index (χ4n) is 4.19. The Kier molecular flexibility index (Phi) is 7.71. The molecule has 2 aliphatic heterocycles. The largest absolute Gasteiger partial charge is 0.381 e. The first-order chi connectivity index (χ1) is 13.6. The number of benzene rings is 1. The lowest BCUT2D eigenvalue weighted by molar-refractivity contribution is -0.00523. The summed E-state index contributed by atoms with van der Waals surface area (Å²) >= 11 is 0. The van der Waals surface area contributed by atoms with Crippen LogP contribution in [0.5, 0.6) is 0 Å². The Balaban J connectivity index is 1.45. The number of guanidine groups is 1. The summed E-state index contributed by atoms with van der Waals surface area (Å²) in [5.74, 6) is 1.58. The van der Waals surface area contributed by atoms with Gasteiger partial charge in [0.15, 0.2) is 5.96 Å². The van der Waals surface area contributed by atoms with Crippen LogP contribution >= 0.6 is 0 Å². The van der Waals surface area contributed by atoms with Gasteiger partial charge in [-0.15, -0.1) is 0 Å². The molecule has 0 aliphatic carbocycles. The Bertz CT molecular complexity index is 614. The van der Waals surface area contributed by atoms with Gasteiger partial charge in [0.05, 0.1) is 13.2 Å². The van der Waals surface area contributed by atoms with Crippen LogP contribution < -0.4 is 5.32 Å². The molecule has 156 valence electrons. The van der Waals surface area contributed by atoms with Crippen LogP contribution in [0.1, 0.15) is 24.8 Å². The number of nitrogens with zero attached hydrogens (tertiary/aromatic N) is 3. The maximum atomic E-state index is 5.96. The van der Waals surface area contributed by atoms with E-state index in [0.29, 0.717) is 12.5 Å². The molecule has 6 nitrogen and oxygen atoms in total. The van der Waals surface area contributed by atoms with E-state index < -0.39 is 0 Å². The van der Waals surface area contributed by atoms with E-state index in [1.807, 2.05) is 13.1 Å². The standard InChI is InChI=1S/C22H36N4O2/c1-23-21(24-18-22(25(2)3)10-13-27-14-11-22)26-12-9-20(15-26)17-28-16-19-7-5-4-6-8-19/h4-8,20H,9-18H2,1-3H3,(H,23,24). The van der Waals surface area contributed by atoms with Crippen molar-refractivity contribution in [2.24, 2.45) is 10.9 Å². The van der Waals surface area contributed by atoms with Crippen LogP contribution in [-0.4, -0.2) is 81.9 Å². The van der Waals surface area contributed by atoms with Crippen molar-refractivity contribution in [2.45, 2.75) is 31.4 Å². The molecule has 1 aromatic rings. The molecule has 0 amide bonds. The third-order valence-electron chi connectivity index (χ3n) is 6.21. The highest BCUT2D eigenvalue weighted by Crippen LogP contribution is 2.25. The third kappa shape index (κ3) is 5.46. The minimum atomic E-state index is 0.145. The highest BCUT2D eigenvalue weighted by molar-refractivity contribution is 5.80. The van der Waals surface area contributed by atoms with Crippen molar-refractivity contribution in [3.8, 4) is 0 Å². The molecule has 6 heteroatoms. The lowest BCUT2D eigenvalue weighted by atomic mass is 9.88. The molecule has 2 saturated heterocycles. The second kappa shape index (κ2) is 10.2. The van der Waals surface area contributed by atoms with Gasteiger partial charge in [0, 0.05) is 51.4 Å². The highest BCUT2D eigenvalue weighted by atomic mass is 16.5. The summed E-state index contributed by atoms with van der Waals surface area (Å²) < 4.78 is 11.5. The molecule has 0 saturated carbocycles. The Labute approximate surface area is 169 Å². The van der Waals surface area contributed by atoms with E-state index in [2.05, 4.69) is 58.5 Å². The molecule has 0 aromatic heterocycles. The summed E-state index contributed by atoms with van der Waals surface area (Å²) in [6, 6.07) is 10.4. The van der Waals surface area contributed by atoms with Crippen molar-refractivity contribution >= 4 is 5.96 Å². The highest BCUT2D eigenvalue weighted by Gasteiger charge is 2.35. The average molecular weight is 389 g/mol. The summed E-state index contributed by atoms with van der Waals surface area (Å²) in [7, 11) is 6.23. The molecule has 2 heterocycles. The molecular weight excluding hydrogens is 352 g/mol. The van der Waals surface area contributed by atoms with E-state index in [9.17, 15) is 0 Å². The molecule has 28 heavy (non-hydrogen) atoms. The lowest BCUT2D eigenvalue weighted by Gasteiger charge is -2.43. The molecule has 0 radical (unpaired) electrons. The number of aliphatic imine (C=N–C) groups is 1. The third-order valence-corrected chi connectivity index (χ3v) is 6.21. The van der Waals surface area contributed by atoms with Crippen LogP contribution in [0, 0.1) is 5.92 Å². The van der Waals surface area contributed by atoms with Crippen molar-refractivity contribution in [2.75, 3.05) is 60.6 Å². The van der Waals surface area contributed by atoms with Gasteiger partial charge in [-0.1, -0.05) is 30.3 Å². The number of hydrogen-bond acceptors (Lipinski definition) is 4. The fourth-order valence-corrected chi connectivity index (χ4v) is 4.19. The monoisotopic (exact) mass is 388 g/mol. The minimum Gasteiger partial charge on any atom is -0.381 e. The van der Waals surface area contributed by atoms with Crippen LogP contribution in [0.3, 0.4) is 0 Å². The number of hydrogen-bond donors (Lipinski definition) is 1. The first kappa shape index (κ1) is 21.1. The topological polar surface area (TPSA) is 49.3 Å². The Morgan fingerprint density at radius 3 is 2.71 bits per heavy atom. The number of nitrogens with one attached hydrogen (secondary N) is 1. The van der Waals surface area contributed by atoms with Crippen molar-refractivity contribution < 1.29 is 9.47 Å². The van der Waals surface area contributed by atoms with E-state index in [4.69, 9.17) is 9.47 Å². The van der Waals surface area contributed by atoms with Crippen LogP contribution in [0.25, 0.3) is 0 Å². The van der Waals surface area contributed by atoms with Gasteiger partial charge in [-0.3, -0.25) is 4.99 Å². The van der Waals surface area contributed by atoms with E-state index in [1.54, 1.807) is 0 Å². The summed E-state index contributed by atoms with van der Waals surface area (Å²) in [6.07, 6.45) is 3.27. The lowest BCUT2D eigenvalue weighted by Crippen LogP contribution is -2.57. The van der Waals surface area contributed by atoms with Gasteiger partial charge in [0.1, 0.15) is 0 Å². The predicted molar refractivity (Wildman–Crippen MR) is 114 cm³/mol. The van der Waals surface area contributed by atoms with Crippen LogP contribution in [0.15, 0.2) is 35.3 Å². The smallest absolute Gasteiger partial charge is 0.193 e. The van der Waals surface area contributed by atoms with Gasteiger partial charge < -0.3 is 24.6 Å². The van der Waals surface area contributed by atoms with Crippen molar-refractivity contribution in [1.82, 2.24) is 15.1 Å². The SMILES string of the molecule is CN=C(NCC1(N(C)C)CCOCC1)N1CCC(COCc2ccccc2)C1. The first-order valence-corrected chi connectivity index (χ1v) is 10.5. The molecule has 0 bridgehead atoms. The Hall–Kier alpha value is -1.63. The van der Waals surface area contributed by atoms with E-state index in [-0.39, 0.29) is 5.54 Å². The maximum absolute atomic E-state index is 5.96. The molecule has 1 aromatic carbocycles. The normalized spacial score (nSPS) is 22.6. The van der Waals surface area contributed by atoms with Crippen molar-refractivity contribution in [3.63, 3.8) is 0 Å². The second-order valence-corrected chi connectivity index (χ2v) is 8.23. The molecule has 1 unspecified atom stereocenters. The van der Waals surface area contributed by atoms with E-state index >= 15 is 0 Å². The van der Waals surface area contributed by atoms with E-state index in [1.165, 1.54) is 5.56 Å². The molecular formula is C22H36N4O2. The minimum absolute atomic E-state index is 0.145. The quantitative estimate of drug-likeness (QED) is 0.573.